The Labute approximate surface area is 443 Å². The number of ether oxygens (including phenoxy) is 12. The number of hydrogen-bond donors (Lipinski definition) is 11. The van der Waals surface area contributed by atoms with E-state index in [1.807, 2.05) is 0 Å². The summed E-state index contributed by atoms with van der Waals surface area (Å²) in [6, 6.07) is 0. The smallest absolute Gasteiger partial charge is 0.338 e. The van der Waals surface area contributed by atoms with Gasteiger partial charge in [-0.15, -0.1) is 0 Å². The van der Waals surface area contributed by atoms with Crippen LogP contribution in [-0.4, -0.2) is 275 Å². The van der Waals surface area contributed by atoms with E-state index in [0.717, 1.165) is 19.3 Å². The van der Waals surface area contributed by atoms with E-state index in [2.05, 4.69) is 14.2 Å². The standard InChI is InChI=1S/C12H20O6.C11H18O6.C10H14O5.C9H14O5.C7H12O6/c1-15-8-6-12(14,11(13)16-2)7-9-10(8)18-5-3-4-17-9;1-15-10(13)11(14)5-7(12)9-8(6-11)16-3-2-4-17-9;11-9-10(12)4-6-8(7(5-10)15-9)14-3-1-2-13-6;1-13-7-4-5(9(12)14-2)3-6(10)8(7)11;8-3-1-7(13,6(11)12)2-4(9)5(3)10/h8-10,14H,3-7H2,1-2H3;7-9,12,14H,2-6H2,1H3;6-8,12H,1-5H2;3,6-8,10-11H,4H2,1-2H3;3-5,8-10,13H,1-2H2,(H,11,12)/t;;6-,7-,8-,10+;;/m..1../s1. The molecule has 0 radical (unpaired) electrons. The molecule has 0 aromatic carbocycles. The van der Waals surface area contributed by atoms with Gasteiger partial charge >= 0.3 is 29.8 Å². The topological polar surface area (TPSA) is 419 Å². The molecule has 4 heterocycles. The number of carboxylic acids is 1. The number of methoxy groups -OCH3 is 5. The number of esters is 4. The highest BCUT2D eigenvalue weighted by molar-refractivity contribution is 5.88. The van der Waals surface area contributed by atoms with Crippen LogP contribution in [0.2, 0.25) is 0 Å². The fourth-order valence-electron chi connectivity index (χ4n) is 10.7. The monoisotopic (exact) mass is 1110 g/mol. The summed E-state index contributed by atoms with van der Waals surface area (Å²) in [5.41, 5.74) is -6.37. The van der Waals surface area contributed by atoms with Crippen LogP contribution in [0, 0.1) is 0 Å². The second kappa shape index (κ2) is 28.2. The number of rotatable bonds is 6. The molecule has 2 bridgehead atoms. The largest absolute Gasteiger partial charge is 0.479 e. The van der Waals surface area contributed by atoms with Crippen LogP contribution in [0.4, 0.5) is 0 Å². The molecular formula is C49H78O28. The Kier molecular flexibility index (Phi) is 23.5. The van der Waals surface area contributed by atoms with Crippen molar-refractivity contribution in [2.45, 2.75) is 191 Å². The van der Waals surface area contributed by atoms with Crippen molar-refractivity contribution in [1.82, 2.24) is 0 Å². The van der Waals surface area contributed by atoms with Crippen LogP contribution in [0.1, 0.15) is 77.0 Å². The summed E-state index contributed by atoms with van der Waals surface area (Å²) in [7, 11) is 6.70. The maximum absolute atomic E-state index is 11.7. The molecule has 17 atom stereocenters. The molecule has 0 aromatic heterocycles. The minimum Gasteiger partial charge on any atom is -0.479 e. The van der Waals surface area contributed by atoms with Gasteiger partial charge in [-0.2, -0.15) is 0 Å². The number of aliphatic carboxylic acids is 1. The lowest BCUT2D eigenvalue weighted by molar-refractivity contribution is -0.201. The van der Waals surface area contributed by atoms with Gasteiger partial charge in [0.05, 0.1) is 70.2 Å². The Balaban J connectivity index is 0.000000178. The molecule has 77 heavy (non-hydrogen) atoms. The van der Waals surface area contributed by atoms with Crippen LogP contribution in [-0.2, 0) is 80.8 Å². The summed E-state index contributed by atoms with van der Waals surface area (Å²) in [5, 5.41) is 105. The Hall–Kier alpha value is -3.63. The Morgan fingerprint density at radius 2 is 0.948 bits per heavy atom. The molecule has 28 heteroatoms. The van der Waals surface area contributed by atoms with Crippen LogP contribution in [0.15, 0.2) is 11.6 Å². The van der Waals surface area contributed by atoms with Crippen molar-refractivity contribution in [2.75, 3.05) is 75.2 Å². The lowest BCUT2D eigenvalue weighted by Gasteiger charge is -2.42. The van der Waals surface area contributed by atoms with E-state index in [9.17, 15) is 59.7 Å². The number of carbonyl (C=O) groups is 5. The second-order valence-electron chi connectivity index (χ2n) is 20.4. The Bertz CT molecular complexity index is 1980. The van der Waals surface area contributed by atoms with Crippen molar-refractivity contribution in [3.05, 3.63) is 11.6 Å². The fraction of sp³-hybridized carbons (Fsp3) is 0.857. The average Bonchev–Trinajstić information content (AvgIpc) is 3.79. The number of carbonyl (C=O) groups excluding carboxylic acids is 4. The highest BCUT2D eigenvalue weighted by Gasteiger charge is 2.59. The number of aliphatic hydroxyl groups is 10. The third-order valence-corrected chi connectivity index (χ3v) is 14.9. The normalized spacial score (nSPS) is 42.1. The van der Waals surface area contributed by atoms with Crippen molar-refractivity contribution in [1.29, 1.82) is 0 Å². The fourth-order valence-corrected chi connectivity index (χ4v) is 10.7. The van der Waals surface area contributed by atoms with E-state index < -0.39 is 120 Å². The molecule has 5 aliphatic carbocycles. The van der Waals surface area contributed by atoms with Gasteiger partial charge < -0.3 is 113 Å². The molecular weight excluding hydrogens is 1040 g/mol. The van der Waals surface area contributed by atoms with Gasteiger partial charge in [0.2, 0.25) is 0 Å². The maximum Gasteiger partial charge on any atom is 0.338 e. The summed E-state index contributed by atoms with van der Waals surface area (Å²) in [6.07, 6.45) is -6.36. The summed E-state index contributed by atoms with van der Waals surface area (Å²) in [6.45, 7) is 3.46. The highest BCUT2D eigenvalue weighted by Crippen LogP contribution is 2.42. The molecule has 9 rings (SSSR count). The minimum atomic E-state index is -2.14. The second-order valence-corrected chi connectivity index (χ2v) is 20.4. The van der Waals surface area contributed by atoms with Crippen LogP contribution in [0.3, 0.4) is 0 Å². The van der Waals surface area contributed by atoms with E-state index in [4.69, 9.17) is 63.1 Å². The van der Waals surface area contributed by atoms with Crippen molar-refractivity contribution in [3.8, 4) is 0 Å². The molecule has 9 aliphatic rings. The lowest BCUT2D eigenvalue weighted by Crippen LogP contribution is -2.57. The molecule has 0 spiro atoms. The molecule has 28 nitrogen and oxygen atoms in total. The highest BCUT2D eigenvalue weighted by atomic mass is 16.6. The molecule has 4 saturated heterocycles. The average molecular weight is 1120 g/mol. The van der Waals surface area contributed by atoms with Crippen molar-refractivity contribution in [3.63, 3.8) is 0 Å². The summed E-state index contributed by atoms with van der Waals surface area (Å²) >= 11 is 0. The Morgan fingerprint density at radius 1 is 0.506 bits per heavy atom. The van der Waals surface area contributed by atoms with Crippen molar-refractivity contribution >= 4 is 29.8 Å². The van der Waals surface area contributed by atoms with Crippen molar-refractivity contribution < 1.29 is 137 Å². The van der Waals surface area contributed by atoms with Gasteiger partial charge in [0.1, 0.15) is 42.7 Å². The molecule has 13 unspecified atom stereocenters. The minimum absolute atomic E-state index is 0.0792. The van der Waals surface area contributed by atoms with Gasteiger partial charge in [-0.1, -0.05) is 0 Å². The predicted molar refractivity (Wildman–Crippen MR) is 253 cm³/mol. The van der Waals surface area contributed by atoms with E-state index in [-0.39, 0.29) is 68.7 Å². The van der Waals surface area contributed by atoms with E-state index in [0.29, 0.717) is 58.1 Å². The molecule has 4 saturated carbocycles. The van der Waals surface area contributed by atoms with Gasteiger partial charge in [-0.05, 0) is 25.3 Å². The summed E-state index contributed by atoms with van der Waals surface area (Å²) in [4.78, 5) is 56.3. The SMILES string of the molecule is COC(=O)C1(O)CC(O)C2OCCCOC2C1.COC(=O)C1(O)CC(OC)C2OCCCOC2C1.COC(=O)C1=CC(O)C(O)C(OC)C1.O=C(O)C1(O)CC(O)C(O)C(O)C1.O=C1O[C@@H]2C[C@@]1(O)C[C@H]1OCCCO[C@H]12. The van der Waals surface area contributed by atoms with E-state index in [1.165, 1.54) is 34.5 Å². The molecule has 8 fully saturated rings. The summed E-state index contributed by atoms with van der Waals surface area (Å²) < 4.78 is 62.7. The predicted octanol–water partition coefficient (Wildman–Crippen LogP) is -4.39. The first-order chi connectivity index (χ1) is 36.3. The molecule has 0 aromatic rings. The first-order valence-corrected chi connectivity index (χ1v) is 25.5. The lowest BCUT2D eigenvalue weighted by atomic mass is 9.79. The quantitative estimate of drug-likeness (QED) is 0.0884. The number of carboxylic acid groups (broad SMARTS) is 1. The van der Waals surface area contributed by atoms with Crippen LogP contribution in [0.5, 0.6) is 0 Å². The third kappa shape index (κ3) is 15.8. The van der Waals surface area contributed by atoms with Gasteiger partial charge in [-0.3, -0.25) is 0 Å². The zero-order valence-corrected chi connectivity index (χ0v) is 43.8. The van der Waals surface area contributed by atoms with Gasteiger partial charge in [0, 0.05) is 117 Å². The number of fused-ring (bicyclic) bond motifs is 6. The van der Waals surface area contributed by atoms with Gasteiger partial charge in [0.25, 0.3) is 0 Å². The van der Waals surface area contributed by atoms with Crippen molar-refractivity contribution in [2.24, 2.45) is 0 Å². The maximum atomic E-state index is 11.7. The van der Waals surface area contributed by atoms with E-state index in [1.54, 1.807) is 7.11 Å². The van der Waals surface area contributed by atoms with Crippen LogP contribution < -0.4 is 0 Å². The number of hydrogen-bond acceptors (Lipinski definition) is 27. The van der Waals surface area contributed by atoms with Crippen LogP contribution >= 0.6 is 0 Å². The first kappa shape index (κ1) is 64.2. The number of aliphatic hydroxyl groups excluding tert-OH is 6. The van der Waals surface area contributed by atoms with Gasteiger partial charge in [0.15, 0.2) is 22.4 Å². The molecule has 4 aliphatic heterocycles. The third-order valence-electron chi connectivity index (χ3n) is 14.9. The zero-order chi connectivity index (χ0) is 57.0. The van der Waals surface area contributed by atoms with Gasteiger partial charge in [-0.25, -0.2) is 24.0 Å². The van der Waals surface area contributed by atoms with E-state index >= 15 is 0 Å². The Morgan fingerprint density at radius 3 is 1.44 bits per heavy atom. The van der Waals surface area contributed by atoms with Crippen LogP contribution in [0.25, 0.3) is 0 Å². The first-order valence-electron chi connectivity index (χ1n) is 25.5. The molecule has 0 amide bonds. The summed E-state index contributed by atoms with van der Waals surface area (Å²) in [5.74, 6) is -3.90. The molecule has 442 valence electrons. The zero-order valence-electron chi connectivity index (χ0n) is 43.8. The molecule has 11 N–H and O–H groups in total.